The molecule has 1 aliphatic rings. The van der Waals surface area contributed by atoms with Crippen LogP contribution in [0.1, 0.15) is 35.4 Å². The van der Waals surface area contributed by atoms with E-state index in [1.807, 2.05) is 37.4 Å². The van der Waals surface area contributed by atoms with Crippen molar-refractivity contribution in [3.8, 4) is 0 Å². The summed E-state index contributed by atoms with van der Waals surface area (Å²) in [7, 11) is -3.58. The summed E-state index contributed by atoms with van der Waals surface area (Å²) in [6, 6.07) is 8.55. The average Bonchev–Trinajstić information content (AvgIpc) is 3.24. The molecule has 162 valence electrons. The van der Waals surface area contributed by atoms with E-state index >= 15 is 0 Å². The van der Waals surface area contributed by atoms with Crippen molar-refractivity contribution in [2.24, 2.45) is 0 Å². The number of carbonyl (C=O) groups is 2. The number of carbonyl (C=O) groups excluding carboxylic acids is 2. The fourth-order valence-corrected chi connectivity index (χ4v) is 5.75. The van der Waals surface area contributed by atoms with E-state index in [9.17, 15) is 18.0 Å². The van der Waals surface area contributed by atoms with Crippen LogP contribution in [0.5, 0.6) is 0 Å². The van der Waals surface area contributed by atoms with Crippen LogP contribution >= 0.6 is 11.3 Å². The zero-order valence-corrected chi connectivity index (χ0v) is 19.1. The van der Waals surface area contributed by atoms with Crippen LogP contribution < -0.4 is 5.32 Å². The first-order valence-corrected chi connectivity index (χ1v) is 12.2. The smallest absolute Gasteiger partial charge is 0.243 e. The van der Waals surface area contributed by atoms with E-state index in [1.54, 1.807) is 17.0 Å². The molecule has 1 unspecified atom stereocenters. The van der Waals surface area contributed by atoms with Crippen molar-refractivity contribution < 1.29 is 18.0 Å². The molecule has 9 heteroatoms. The molecule has 1 aromatic heterocycles. The van der Waals surface area contributed by atoms with Gasteiger partial charge in [0.25, 0.3) is 0 Å². The first kappa shape index (κ1) is 22.5. The average molecular weight is 450 g/mol. The number of sulfonamides is 1. The molecule has 1 N–H and O–H groups in total. The molecule has 7 nitrogen and oxygen atoms in total. The van der Waals surface area contributed by atoms with Crippen LogP contribution in [0.25, 0.3) is 0 Å². The molecule has 2 amide bonds. The van der Waals surface area contributed by atoms with Gasteiger partial charge in [-0.05, 0) is 48.6 Å². The molecule has 2 aromatic rings. The van der Waals surface area contributed by atoms with Crippen LogP contribution in [0.3, 0.4) is 0 Å². The number of hydrogen-bond acceptors (Lipinski definition) is 5. The van der Waals surface area contributed by atoms with Gasteiger partial charge in [0.05, 0.1) is 17.4 Å². The van der Waals surface area contributed by atoms with Gasteiger partial charge in [-0.1, -0.05) is 12.1 Å². The lowest BCUT2D eigenvalue weighted by Crippen LogP contribution is -2.51. The van der Waals surface area contributed by atoms with Crippen molar-refractivity contribution in [2.75, 3.05) is 26.2 Å². The lowest BCUT2D eigenvalue weighted by Gasteiger charge is -2.34. The van der Waals surface area contributed by atoms with Crippen molar-refractivity contribution in [3.63, 3.8) is 0 Å². The van der Waals surface area contributed by atoms with Gasteiger partial charge in [-0.25, -0.2) is 8.42 Å². The van der Waals surface area contributed by atoms with Gasteiger partial charge in [0.15, 0.2) is 0 Å². The third kappa shape index (κ3) is 5.08. The largest absolute Gasteiger partial charge is 0.348 e. The van der Waals surface area contributed by atoms with E-state index in [0.717, 1.165) is 16.0 Å². The zero-order chi connectivity index (χ0) is 21.9. The summed E-state index contributed by atoms with van der Waals surface area (Å²) >= 11 is 1.49. The number of aryl methyl sites for hydroxylation is 2. The second kappa shape index (κ2) is 9.28. The third-order valence-electron chi connectivity index (χ3n) is 5.35. The van der Waals surface area contributed by atoms with E-state index < -0.39 is 10.0 Å². The van der Waals surface area contributed by atoms with E-state index in [2.05, 4.69) is 5.32 Å². The van der Waals surface area contributed by atoms with Gasteiger partial charge >= 0.3 is 0 Å². The summed E-state index contributed by atoms with van der Waals surface area (Å²) in [5, 5.41) is 4.74. The third-order valence-corrected chi connectivity index (χ3v) is 8.23. The van der Waals surface area contributed by atoms with Crippen molar-refractivity contribution in [3.05, 3.63) is 51.7 Å². The van der Waals surface area contributed by atoms with Crippen molar-refractivity contribution in [1.29, 1.82) is 0 Å². The van der Waals surface area contributed by atoms with Crippen LogP contribution in [0.4, 0.5) is 0 Å². The minimum atomic E-state index is -3.58. The maximum absolute atomic E-state index is 13.0. The molecule has 0 aliphatic carbocycles. The molecule has 0 radical (unpaired) electrons. The van der Waals surface area contributed by atoms with E-state index in [4.69, 9.17) is 0 Å². The fourth-order valence-electron chi connectivity index (χ4n) is 3.46. The number of piperazine rings is 1. The Labute approximate surface area is 181 Å². The van der Waals surface area contributed by atoms with Crippen molar-refractivity contribution in [1.82, 2.24) is 14.5 Å². The van der Waals surface area contributed by atoms with E-state index in [1.165, 1.54) is 22.6 Å². The van der Waals surface area contributed by atoms with Gasteiger partial charge in [0.2, 0.25) is 21.8 Å². The number of nitrogens with zero attached hydrogens (tertiary/aromatic N) is 2. The van der Waals surface area contributed by atoms with Crippen molar-refractivity contribution in [2.45, 2.75) is 38.1 Å². The number of thiophene rings is 1. The van der Waals surface area contributed by atoms with Gasteiger partial charge in [0, 0.05) is 38.0 Å². The van der Waals surface area contributed by atoms with Crippen LogP contribution in [-0.4, -0.2) is 55.6 Å². The molecule has 0 saturated carbocycles. The quantitative estimate of drug-likeness (QED) is 0.734. The van der Waals surface area contributed by atoms with Gasteiger partial charge in [-0.3, -0.25) is 9.59 Å². The summed E-state index contributed by atoms with van der Waals surface area (Å²) in [4.78, 5) is 27.2. The number of benzene rings is 1. The normalized spacial score (nSPS) is 16.3. The highest BCUT2D eigenvalue weighted by Crippen LogP contribution is 2.24. The fraction of sp³-hybridized carbons (Fsp3) is 0.429. The van der Waals surface area contributed by atoms with Crippen LogP contribution in [-0.2, 0) is 19.6 Å². The summed E-state index contributed by atoms with van der Waals surface area (Å²) in [6.07, 6.45) is 0.157. The van der Waals surface area contributed by atoms with Gasteiger partial charge in [0.1, 0.15) is 0 Å². The minimum absolute atomic E-state index is 0.0922. The second-order valence-electron chi connectivity index (χ2n) is 7.50. The molecule has 30 heavy (non-hydrogen) atoms. The Bertz CT molecular complexity index is 1010. The Hall–Kier alpha value is -2.23. The zero-order valence-electron chi connectivity index (χ0n) is 17.4. The molecule has 1 saturated heterocycles. The Morgan fingerprint density at radius 1 is 1.10 bits per heavy atom. The van der Waals surface area contributed by atoms with Crippen LogP contribution in [0.2, 0.25) is 0 Å². The number of hydrogen-bond donors (Lipinski definition) is 1. The topological polar surface area (TPSA) is 86.8 Å². The minimum Gasteiger partial charge on any atom is -0.348 e. The second-order valence-corrected chi connectivity index (χ2v) is 10.4. The lowest BCUT2D eigenvalue weighted by molar-refractivity contribution is -0.133. The summed E-state index contributed by atoms with van der Waals surface area (Å²) in [6.45, 7) is 6.45. The summed E-state index contributed by atoms with van der Waals surface area (Å²) < 4.78 is 27.4. The summed E-state index contributed by atoms with van der Waals surface area (Å²) in [5.41, 5.74) is 1.98. The maximum Gasteiger partial charge on any atom is 0.243 e. The van der Waals surface area contributed by atoms with Gasteiger partial charge in [-0.15, -0.1) is 11.3 Å². The molecular formula is C21H27N3O4S2. The van der Waals surface area contributed by atoms with Crippen LogP contribution in [0.15, 0.2) is 40.6 Å². The Kier molecular flexibility index (Phi) is 6.95. The molecule has 2 heterocycles. The highest BCUT2D eigenvalue weighted by molar-refractivity contribution is 7.89. The molecule has 1 atom stereocenters. The molecule has 1 aromatic carbocycles. The van der Waals surface area contributed by atoms with Gasteiger partial charge < -0.3 is 10.2 Å². The Morgan fingerprint density at radius 3 is 2.37 bits per heavy atom. The first-order chi connectivity index (χ1) is 14.2. The number of rotatable bonds is 6. The predicted molar refractivity (Wildman–Crippen MR) is 117 cm³/mol. The maximum atomic E-state index is 13.0. The number of amides is 2. The van der Waals surface area contributed by atoms with Gasteiger partial charge in [-0.2, -0.15) is 4.31 Å². The lowest BCUT2D eigenvalue weighted by atomic mass is 10.1. The molecule has 0 bridgehead atoms. The van der Waals surface area contributed by atoms with Crippen molar-refractivity contribution >= 4 is 33.2 Å². The highest BCUT2D eigenvalue weighted by Gasteiger charge is 2.31. The standard InChI is InChI=1S/C21H27N3O4S2/c1-15-6-7-18(13-16(15)2)30(27,28)24-10-8-23(9-11-24)21(26)14-19(22-17(3)25)20-5-4-12-29-20/h4-7,12-13,19H,8-11,14H2,1-3H3,(H,22,25). The Balaban J connectivity index is 1.63. The van der Waals surface area contributed by atoms with E-state index in [0.29, 0.717) is 13.1 Å². The molecule has 0 spiro atoms. The Morgan fingerprint density at radius 2 is 1.80 bits per heavy atom. The molecule has 1 aliphatic heterocycles. The molecule has 3 rings (SSSR count). The SMILES string of the molecule is CC(=O)NC(CC(=O)N1CCN(S(=O)(=O)c2ccc(C)c(C)c2)CC1)c1cccs1. The highest BCUT2D eigenvalue weighted by atomic mass is 32.2. The monoisotopic (exact) mass is 449 g/mol. The molecule has 1 fully saturated rings. The predicted octanol–water partition coefficient (Wildman–Crippen LogP) is 2.47. The number of nitrogens with one attached hydrogen (secondary N) is 1. The van der Waals surface area contributed by atoms with Crippen LogP contribution in [0, 0.1) is 13.8 Å². The summed E-state index contributed by atoms with van der Waals surface area (Å²) in [5.74, 6) is -0.282. The molecular weight excluding hydrogens is 422 g/mol. The first-order valence-electron chi connectivity index (χ1n) is 9.84. The van der Waals surface area contributed by atoms with E-state index in [-0.39, 0.29) is 42.3 Å².